The molecular formula is C15H18N2O. The quantitative estimate of drug-likeness (QED) is 0.807. The second kappa shape index (κ2) is 5.63. The van der Waals surface area contributed by atoms with E-state index in [9.17, 15) is 4.79 Å². The second-order valence-electron chi connectivity index (χ2n) is 4.59. The van der Waals surface area contributed by atoms with Gasteiger partial charge >= 0.3 is 0 Å². The van der Waals surface area contributed by atoms with Crippen LogP contribution in [0.2, 0.25) is 0 Å². The minimum Gasteiger partial charge on any atom is -0.299 e. The van der Waals surface area contributed by atoms with Crippen LogP contribution in [0, 0.1) is 6.92 Å². The molecule has 0 aliphatic heterocycles. The molecule has 2 rings (SSSR count). The maximum atomic E-state index is 12.0. The van der Waals surface area contributed by atoms with Crippen LogP contribution in [-0.4, -0.2) is 15.6 Å². The Kier molecular flexibility index (Phi) is 3.92. The molecule has 0 N–H and O–H groups in total. The van der Waals surface area contributed by atoms with E-state index in [-0.39, 0.29) is 5.78 Å². The van der Waals surface area contributed by atoms with Crippen LogP contribution >= 0.6 is 0 Å². The minimum absolute atomic E-state index is 0.233. The second-order valence-corrected chi connectivity index (χ2v) is 4.59. The van der Waals surface area contributed by atoms with Gasteiger partial charge in [0.05, 0.1) is 6.20 Å². The van der Waals surface area contributed by atoms with Gasteiger partial charge in [-0.3, -0.25) is 9.48 Å². The molecule has 3 heteroatoms. The number of carbonyl (C=O) groups excluding carboxylic acids is 1. The molecule has 94 valence electrons. The lowest BCUT2D eigenvalue weighted by atomic mass is 10.0. The van der Waals surface area contributed by atoms with E-state index < -0.39 is 0 Å². The number of rotatable bonds is 5. The molecule has 3 nitrogen and oxygen atoms in total. The molecule has 2 aromatic rings. The summed E-state index contributed by atoms with van der Waals surface area (Å²) >= 11 is 0. The zero-order chi connectivity index (χ0) is 13.0. The number of hydrogen-bond donors (Lipinski definition) is 0. The molecule has 1 heterocycles. The fourth-order valence-electron chi connectivity index (χ4n) is 2.01. The highest BCUT2D eigenvalue weighted by Crippen LogP contribution is 2.07. The van der Waals surface area contributed by atoms with Gasteiger partial charge in [-0.2, -0.15) is 5.10 Å². The summed E-state index contributed by atoms with van der Waals surface area (Å²) in [4.78, 5) is 12.0. The number of carbonyl (C=O) groups is 1. The summed E-state index contributed by atoms with van der Waals surface area (Å²) in [5, 5.41) is 4.17. The van der Waals surface area contributed by atoms with E-state index in [2.05, 4.69) is 11.2 Å². The third kappa shape index (κ3) is 3.29. The van der Waals surface area contributed by atoms with Crippen molar-refractivity contribution in [2.24, 2.45) is 0 Å². The molecule has 0 saturated carbocycles. The Balaban J connectivity index is 1.96. The fourth-order valence-corrected chi connectivity index (χ4v) is 2.01. The summed E-state index contributed by atoms with van der Waals surface area (Å²) in [6.07, 6.45) is 4.68. The van der Waals surface area contributed by atoms with Crippen LogP contribution in [0.15, 0.2) is 36.7 Å². The summed E-state index contributed by atoms with van der Waals surface area (Å²) in [5.41, 5.74) is 3.27. The van der Waals surface area contributed by atoms with Crippen molar-refractivity contribution in [3.63, 3.8) is 0 Å². The molecule has 0 spiro atoms. The molecule has 0 bridgehead atoms. The van der Waals surface area contributed by atoms with Crippen LogP contribution in [-0.2, 0) is 24.2 Å². The molecular weight excluding hydrogens is 224 g/mol. The number of aryl methyl sites for hydroxylation is 2. The van der Waals surface area contributed by atoms with E-state index in [1.54, 1.807) is 6.20 Å². The largest absolute Gasteiger partial charge is 0.299 e. The summed E-state index contributed by atoms with van der Waals surface area (Å²) in [6.45, 7) is 4.91. The van der Waals surface area contributed by atoms with E-state index in [0.29, 0.717) is 12.8 Å². The van der Waals surface area contributed by atoms with Gasteiger partial charge in [0, 0.05) is 25.6 Å². The zero-order valence-corrected chi connectivity index (χ0v) is 10.9. The molecule has 0 amide bonds. The summed E-state index contributed by atoms with van der Waals surface area (Å²) < 4.78 is 1.84. The van der Waals surface area contributed by atoms with Crippen LogP contribution in [0.25, 0.3) is 0 Å². The lowest BCUT2D eigenvalue weighted by Gasteiger charge is -2.01. The van der Waals surface area contributed by atoms with E-state index >= 15 is 0 Å². The van der Waals surface area contributed by atoms with E-state index in [1.807, 2.05) is 42.9 Å². The normalized spacial score (nSPS) is 10.6. The van der Waals surface area contributed by atoms with Crippen LogP contribution in [0.3, 0.4) is 0 Å². The van der Waals surface area contributed by atoms with Crippen molar-refractivity contribution < 1.29 is 4.79 Å². The lowest BCUT2D eigenvalue weighted by Crippen LogP contribution is -2.06. The molecule has 0 unspecified atom stereocenters. The Bertz CT molecular complexity index is 543. The van der Waals surface area contributed by atoms with Crippen molar-refractivity contribution in [1.29, 1.82) is 0 Å². The molecule has 1 aromatic carbocycles. The highest BCUT2D eigenvalue weighted by Gasteiger charge is 2.07. The molecule has 1 aromatic heterocycles. The zero-order valence-electron chi connectivity index (χ0n) is 10.9. The van der Waals surface area contributed by atoms with Gasteiger partial charge in [-0.15, -0.1) is 0 Å². The Labute approximate surface area is 107 Å². The van der Waals surface area contributed by atoms with Gasteiger partial charge in [-0.05, 0) is 25.0 Å². The van der Waals surface area contributed by atoms with Gasteiger partial charge in [0.25, 0.3) is 0 Å². The predicted octanol–water partition coefficient (Wildman–Crippen LogP) is 2.57. The first kappa shape index (κ1) is 12.6. The van der Waals surface area contributed by atoms with Gasteiger partial charge in [0.15, 0.2) is 0 Å². The van der Waals surface area contributed by atoms with Crippen molar-refractivity contribution in [2.45, 2.75) is 33.2 Å². The van der Waals surface area contributed by atoms with Crippen LogP contribution in [0.5, 0.6) is 0 Å². The maximum Gasteiger partial charge on any atom is 0.141 e. The van der Waals surface area contributed by atoms with Crippen LogP contribution in [0.4, 0.5) is 0 Å². The molecule has 0 fully saturated rings. The van der Waals surface area contributed by atoms with Crippen LogP contribution < -0.4 is 0 Å². The molecule has 0 aliphatic rings. The topological polar surface area (TPSA) is 34.9 Å². The van der Waals surface area contributed by atoms with Gasteiger partial charge in [-0.1, -0.05) is 29.8 Å². The maximum absolute atomic E-state index is 12.0. The van der Waals surface area contributed by atoms with E-state index in [1.165, 1.54) is 5.56 Å². The van der Waals surface area contributed by atoms with Crippen molar-refractivity contribution in [1.82, 2.24) is 9.78 Å². The fraction of sp³-hybridized carbons (Fsp3) is 0.333. The third-order valence-electron chi connectivity index (χ3n) is 2.90. The number of ketones is 1. The number of Topliss-reactive ketones (excluding diaryl/α,β-unsaturated/α-hetero) is 1. The van der Waals surface area contributed by atoms with E-state index in [0.717, 1.165) is 17.7 Å². The molecule has 0 aliphatic carbocycles. The first-order valence-electron chi connectivity index (χ1n) is 6.26. The summed E-state index contributed by atoms with van der Waals surface area (Å²) in [7, 11) is 0. The average molecular weight is 242 g/mol. The highest BCUT2D eigenvalue weighted by molar-refractivity contribution is 5.83. The summed E-state index contributed by atoms with van der Waals surface area (Å²) in [5.74, 6) is 0.233. The van der Waals surface area contributed by atoms with Crippen molar-refractivity contribution in [3.8, 4) is 0 Å². The Hall–Kier alpha value is -1.90. The van der Waals surface area contributed by atoms with Gasteiger partial charge in [0.2, 0.25) is 0 Å². The first-order valence-corrected chi connectivity index (χ1v) is 6.26. The van der Waals surface area contributed by atoms with Crippen LogP contribution in [0.1, 0.15) is 23.6 Å². The minimum atomic E-state index is 0.233. The smallest absolute Gasteiger partial charge is 0.141 e. The third-order valence-corrected chi connectivity index (χ3v) is 2.90. The number of aromatic nitrogens is 2. The van der Waals surface area contributed by atoms with Gasteiger partial charge in [0.1, 0.15) is 5.78 Å². The first-order chi connectivity index (χ1) is 8.67. The van der Waals surface area contributed by atoms with Crippen molar-refractivity contribution >= 4 is 5.78 Å². The van der Waals surface area contributed by atoms with Crippen molar-refractivity contribution in [2.75, 3.05) is 0 Å². The molecule has 18 heavy (non-hydrogen) atoms. The SMILES string of the molecule is CCn1cc(CC(=O)Cc2cccc(C)c2)cn1. The molecule has 0 radical (unpaired) electrons. The number of hydrogen-bond acceptors (Lipinski definition) is 2. The van der Waals surface area contributed by atoms with Gasteiger partial charge < -0.3 is 0 Å². The van der Waals surface area contributed by atoms with Gasteiger partial charge in [-0.25, -0.2) is 0 Å². The standard InChI is InChI=1S/C15H18N2O/c1-3-17-11-14(10-16-17)9-15(18)8-13-6-4-5-12(2)7-13/h4-7,10-11H,3,8-9H2,1-2H3. The van der Waals surface area contributed by atoms with E-state index in [4.69, 9.17) is 0 Å². The predicted molar refractivity (Wildman–Crippen MR) is 71.5 cm³/mol. The monoisotopic (exact) mass is 242 g/mol. The number of nitrogens with zero attached hydrogens (tertiary/aromatic N) is 2. The highest BCUT2D eigenvalue weighted by atomic mass is 16.1. The molecule has 0 atom stereocenters. The average Bonchev–Trinajstić information content (AvgIpc) is 2.76. The van der Waals surface area contributed by atoms with Crippen molar-refractivity contribution in [3.05, 3.63) is 53.3 Å². The Morgan fingerprint density at radius 1 is 1.28 bits per heavy atom. The number of benzene rings is 1. The lowest BCUT2D eigenvalue weighted by molar-refractivity contribution is -0.117. The summed E-state index contributed by atoms with van der Waals surface area (Å²) in [6, 6.07) is 8.10. The Morgan fingerprint density at radius 2 is 2.06 bits per heavy atom. The Morgan fingerprint density at radius 3 is 2.72 bits per heavy atom. The molecule has 0 saturated heterocycles.